The van der Waals surface area contributed by atoms with E-state index in [2.05, 4.69) is 142 Å². The summed E-state index contributed by atoms with van der Waals surface area (Å²) in [6, 6.07) is 0. The molecule has 0 aromatic carbocycles. The number of carbonyl (C=O) groups is 3. The van der Waals surface area contributed by atoms with Crippen LogP contribution in [-0.2, 0) is 28.6 Å². The molecular weight excluding hydrogens is 1020 g/mol. The van der Waals surface area contributed by atoms with E-state index in [0.29, 0.717) is 19.3 Å². The van der Waals surface area contributed by atoms with Gasteiger partial charge in [-0.15, -0.1) is 0 Å². The van der Waals surface area contributed by atoms with Crippen LogP contribution in [0.3, 0.4) is 0 Å². The summed E-state index contributed by atoms with van der Waals surface area (Å²) in [6.07, 6.45) is 97.9. The van der Waals surface area contributed by atoms with Crippen molar-refractivity contribution >= 4 is 17.9 Å². The lowest BCUT2D eigenvalue weighted by molar-refractivity contribution is -0.167. The summed E-state index contributed by atoms with van der Waals surface area (Å²) in [6.45, 7) is 6.41. The highest BCUT2D eigenvalue weighted by molar-refractivity contribution is 5.71. The van der Waals surface area contributed by atoms with Crippen molar-refractivity contribution in [3.05, 3.63) is 122 Å². The van der Waals surface area contributed by atoms with Gasteiger partial charge in [0.05, 0.1) is 0 Å². The molecule has 1 unspecified atom stereocenters. The maximum absolute atomic E-state index is 12.9. The van der Waals surface area contributed by atoms with Crippen LogP contribution in [0, 0.1) is 0 Å². The van der Waals surface area contributed by atoms with Crippen molar-refractivity contribution in [2.24, 2.45) is 0 Å². The molecule has 0 saturated carbocycles. The van der Waals surface area contributed by atoms with Crippen molar-refractivity contribution < 1.29 is 28.6 Å². The van der Waals surface area contributed by atoms with E-state index in [1.165, 1.54) is 161 Å². The van der Waals surface area contributed by atoms with E-state index in [9.17, 15) is 14.4 Å². The van der Waals surface area contributed by atoms with Gasteiger partial charge in [-0.3, -0.25) is 14.4 Å². The molecule has 0 bridgehead atoms. The first kappa shape index (κ1) is 78.8. The van der Waals surface area contributed by atoms with Gasteiger partial charge in [0.15, 0.2) is 6.10 Å². The average Bonchev–Trinajstić information content (AvgIpc) is 3.49. The van der Waals surface area contributed by atoms with Crippen LogP contribution >= 0.6 is 0 Å². The molecule has 0 rings (SSSR count). The van der Waals surface area contributed by atoms with Crippen LogP contribution in [0.15, 0.2) is 122 Å². The number of carbonyl (C=O) groups excluding carboxylic acids is 3. The van der Waals surface area contributed by atoms with E-state index >= 15 is 0 Å². The Bertz CT molecular complexity index is 1700. The molecule has 6 heteroatoms. The van der Waals surface area contributed by atoms with Gasteiger partial charge in [0, 0.05) is 19.3 Å². The molecule has 0 fully saturated rings. The van der Waals surface area contributed by atoms with Gasteiger partial charge < -0.3 is 14.2 Å². The Labute approximate surface area is 513 Å². The Balaban J connectivity index is 4.26. The van der Waals surface area contributed by atoms with Gasteiger partial charge >= 0.3 is 17.9 Å². The third-order valence-corrected chi connectivity index (χ3v) is 14.9. The van der Waals surface area contributed by atoms with Crippen molar-refractivity contribution in [1.82, 2.24) is 0 Å². The summed E-state index contributed by atoms with van der Waals surface area (Å²) in [4.78, 5) is 38.4. The first-order valence-electron chi connectivity index (χ1n) is 35.0. The van der Waals surface area contributed by atoms with Gasteiger partial charge in [0.1, 0.15) is 13.2 Å². The van der Waals surface area contributed by atoms with Crippen LogP contribution in [0.5, 0.6) is 0 Å². The van der Waals surface area contributed by atoms with Crippen LogP contribution in [-0.4, -0.2) is 37.2 Å². The topological polar surface area (TPSA) is 78.9 Å². The molecule has 0 radical (unpaired) electrons. The average molecular weight is 1150 g/mol. The third kappa shape index (κ3) is 68.5. The molecule has 0 aliphatic heterocycles. The number of unbranched alkanes of at least 4 members (excludes halogenated alkanes) is 32. The molecule has 0 spiro atoms. The number of hydrogen-bond acceptors (Lipinski definition) is 6. The molecule has 0 aliphatic carbocycles. The first-order valence-corrected chi connectivity index (χ1v) is 35.0. The molecular formula is C77H130O6. The van der Waals surface area contributed by atoms with Crippen molar-refractivity contribution in [2.75, 3.05) is 13.2 Å². The lowest BCUT2D eigenvalue weighted by Crippen LogP contribution is -2.30. The van der Waals surface area contributed by atoms with E-state index in [4.69, 9.17) is 14.2 Å². The predicted molar refractivity (Wildman–Crippen MR) is 362 cm³/mol. The van der Waals surface area contributed by atoms with E-state index in [1.807, 2.05) is 0 Å². The van der Waals surface area contributed by atoms with E-state index in [-0.39, 0.29) is 31.1 Å². The summed E-state index contributed by atoms with van der Waals surface area (Å²) >= 11 is 0. The largest absolute Gasteiger partial charge is 0.462 e. The quantitative estimate of drug-likeness (QED) is 0.0261. The van der Waals surface area contributed by atoms with E-state index in [0.717, 1.165) is 128 Å². The van der Waals surface area contributed by atoms with Crippen LogP contribution in [0.2, 0.25) is 0 Å². The third-order valence-electron chi connectivity index (χ3n) is 14.9. The second-order valence-electron chi connectivity index (χ2n) is 23.0. The highest BCUT2D eigenvalue weighted by Gasteiger charge is 2.19. The second-order valence-corrected chi connectivity index (χ2v) is 23.0. The molecule has 1 atom stereocenters. The zero-order chi connectivity index (χ0) is 59.9. The highest BCUT2D eigenvalue weighted by atomic mass is 16.6. The maximum Gasteiger partial charge on any atom is 0.306 e. The van der Waals surface area contributed by atoms with Gasteiger partial charge in [-0.1, -0.05) is 303 Å². The zero-order valence-corrected chi connectivity index (χ0v) is 54.4. The summed E-state index contributed by atoms with van der Waals surface area (Å²) in [5, 5.41) is 0. The van der Waals surface area contributed by atoms with Crippen molar-refractivity contribution in [1.29, 1.82) is 0 Å². The van der Waals surface area contributed by atoms with Gasteiger partial charge in [-0.25, -0.2) is 0 Å². The van der Waals surface area contributed by atoms with Crippen molar-refractivity contribution in [2.45, 2.75) is 335 Å². The summed E-state index contributed by atoms with van der Waals surface area (Å²) in [5.74, 6) is -0.890. The van der Waals surface area contributed by atoms with Gasteiger partial charge in [-0.2, -0.15) is 0 Å². The fraction of sp³-hybridized carbons (Fsp3) is 0.701. The normalized spacial score (nSPS) is 12.9. The standard InChI is InChI=1S/C77H130O6/c1-4-7-10-13-16-19-22-25-27-29-31-33-34-35-36-37-38-39-40-41-42-44-45-47-49-52-55-58-61-64-67-70-76(79)82-73-74(72-81-75(78)69-66-63-60-57-54-51-24-21-18-15-12-9-6-3)83-77(80)71-68-65-62-59-56-53-50-48-46-43-32-30-28-26-23-20-17-14-11-8-5-2/h7-8,10-11,16-17,19-21,24-28,31-33,35-36,43,74H,4-6,9,12-15,18,22-23,29-30,34,37-42,44-73H2,1-3H3/b10-7-,11-8-,19-16-,20-17-,24-21-,27-25-,28-26-,33-31-,36-35-,43-32-. The molecule has 0 aliphatic rings. The smallest absolute Gasteiger partial charge is 0.306 e. The minimum atomic E-state index is -0.789. The Morgan fingerprint density at radius 3 is 0.747 bits per heavy atom. The summed E-state index contributed by atoms with van der Waals surface area (Å²) in [5.41, 5.74) is 0. The van der Waals surface area contributed by atoms with Gasteiger partial charge in [-0.05, 0) is 128 Å². The Morgan fingerprint density at radius 1 is 0.253 bits per heavy atom. The number of hydrogen-bond donors (Lipinski definition) is 0. The number of esters is 3. The number of rotatable bonds is 63. The molecule has 474 valence electrons. The molecule has 83 heavy (non-hydrogen) atoms. The molecule has 0 saturated heterocycles. The molecule has 0 N–H and O–H groups in total. The zero-order valence-electron chi connectivity index (χ0n) is 54.4. The minimum absolute atomic E-state index is 0.0836. The molecule has 0 aromatic heterocycles. The summed E-state index contributed by atoms with van der Waals surface area (Å²) in [7, 11) is 0. The Morgan fingerprint density at radius 2 is 0.470 bits per heavy atom. The monoisotopic (exact) mass is 1150 g/mol. The van der Waals surface area contributed by atoms with Crippen molar-refractivity contribution in [3.63, 3.8) is 0 Å². The van der Waals surface area contributed by atoms with Gasteiger partial charge in [0.2, 0.25) is 0 Å². The fourth-order valence-corrected chi connectivity index (χ4v) is 9.75. The molecule has 0 heterocycles. The lowest BCUT2D eigenvalue weighted by atomic mass is 10.0. The number of allylic oxidation sites excluding steroid dienone is 20. The van der Waals surface area contributed by atoms with Crippen LogP contribution in [0.1, 0.15) is 329 Å². The van der Waals surface area contributed by atoms with E-state index in [1.54, 1.807) is 0 Å². The molecule has 0 aromatic rings. The second kappa shape index (κ2) is 70.3. The lowest BCUT2D eigenvalue weighted by Gasteiger charge is -2.18. The summed E-state index contributed by atoms with van der Waals surface area (Å²) < 4.78 is 17.0. The highest BCUT2D eigenvalue weighted by Crippen LogP contribution is 2.17. The Kier molecular flexibility index (Phi) is 66.7. The van der Waals surface area contributed by atoms with Crippen LogP contribution in [0.4, 0.5) is 0 Å². The molecule has 0 amide bonds. The first-order chi connectivity index (χ1) is 41.0. The van der Waals surface area contributed by atoms with Crippen molar-refractivity contribution in [3.8, 4) is 0 Å². The van der Waals surface area contributed by atoms with Crippen LogP contribution < -0.4 is 0 Å². The predicted octanol–water partition coefficient (Wildman–Crippen LogP) is 24.3. The fourth-order valence-electron chi connectivity index (χ4n) is 9.75. The molecule has 6 nitrogen and oxygen atoms in total. The Hall–Kier alpha value is -4.19. The minimum Gasteiger partial charge on any atom is -0.462 e. The van der Waals surface area contributed by atoms with E-state index < -0.39 is 6.10 Å². The number of ether oxygens (including phenoxy) is 3. The van der Waals surface area contributed by atoms with Crippen LogP contribution in [0.25, 0.3) is 0 Å². The maximum atomic E-state index is 12.9. The van der Waals surface area contributed by atoms with Gasteiger partial charge in [0.25, 0.3) is 0 Å². The SMILES string of the molecule is CC/C=C\C/C=C\C/C=C\C/C=C\C/C=C\CCCCCCCCCCCCCCCCCC(=O)OCC(COC(=O)CCCCCCC/C=C\CCCCCC)OC(=O)CCCCCCCCCC/C=C\C/C=C\C/C=C\C/C=C\CC.